The topological polar surface area (TPSA) is 62.9 Å². The van der Waals surface area contributed by atoms with Gasteiger partial charge < -0.3 is 19.2 Å². The van der Waals surface area contributed by atoms with Gasteiger partial charge in [0.05, 0.1) is 17.7 Å². The molecular weight excluding hydrogens is 294 g/mol. The molecule has 3 aromatic rings. The van der Waals surface area contributed by atoms with Crippen LogP contribution >= 0.6 is 0 Å². The number of aromatic hydroxyl groups is 1. The molecule has 0 bridgehead atoms. The molecule has 0 radical (unpaired) electrons. The molecule has 1 aromatic heterocycles. The van der Waals surface area contributed by atoms with E-state index in [9.17, 15) is 9.90 Å². The molecule has 0 unspecified atom stereocenters. The molecule has 1 aliphatic rings. The number of hydrogen-bond acceptors (Lipinski definition) is 5. The Morgan fingerprint density at radius 2 is 2.04 bits per heavy atom. The van der Waals surface area contributed by atoms with Crippen LogP contribution in [0.25, 0.3) is 22.1 Å². The Balaban J connectivity index is 2.13. The quantitative estimate of drug-likeness (QED) is 0.723. The molecule has 116 valence electrons. The number of phenolic OH excluding ortho intramolecular Hbond substituents is 1. The van der Waals surface area contributed by atoms with Gasteiger partial charge in [-0.3, -0.25) is 0 Å². The van der Waals surface area contributed by atoms with Crippen molar-refractivity contribution in [3.63, 3.8) is 0 Å². The fourth-order valence-electron chi connectivity index (χ4n) is 3.16. The van der Waals surface area contributed by atoms with Gasteiger partial charge in [0.25, 0.3) is 0 Å². The van der Waals surface area contributed by atoms with Crippen LogP contribution in [0.15, 0.2) is 40.8 Å². The normalized spacial score (nSPS) is 12.3. The van der Waals surface area contributed by atoms with Crippen LogP contribution in [0.4, 0.5) is 11.4 Å². The highest BCUT2D eigenvalue weighted by atomic mass is 16.5. The third-order valence-corrected chi connectivity index (χ3v) is 4.11. The molecule has 1 N–H and O–H groups in total. The predicted octanol–water partition coefficient (Wildman–Crippen LogP) is 4.06. The summed E-state index contributed by atoms with van der Waals surface area (Å²) in [5.74, 6) is -0.229. The maximum Gasteiger partial charge on any atom is 0.374 e. The molecule has 1 aliphatic heterocycles. The Morgan fingerprint density at radius 1 is 1.26 bits per heavy atom. The van der Waals surface area contributed by atoms with E-state index in [1.165, 1.54) is 6.07 Å². The largest absolute Gasteiger partial charge is 0.508 e. The number of nitrogens with zero attached hydrogens (tertiary/aromatic N) is 1. The van der Waals surface area contributed by atoms with Crippen LogP contribution in [-0.2, 0) is 4.74 Å². The van der Waals surface area contributed by atoms with Gasteiger partial charge in [-0.1, -0.05) is 18.2 Å². The number of hydrogen-bond donors (Lipinski definition) is 1. The Kier molecular flexibility index (Phi) is 2.84. The van der Waals surface area contributed by atoms with Gasteiger partial charge in [0.1, 0.15) is 11.3 Å². The number of carbonyl (C=O) groups excluding carboxylic acids is 1. The zero-order valence-corrected chi connectivity index (χ0v) is 12.8. The molecule has 4 rings (SSSR count). The summed E-state index contributed by atoms with van der Waals surface area (Å²) in [5, 5.41) is 10.8. The SMILES string of the molecule is CCOC(=O)c1oc2cc(O)cc3c2c1-c1ccccc1N3C. The van der Waals surface area contributed by atoms with Gasteiger partial charge in [0.2, 0.25) is 5.76 Å². The van der Waals surface area contributed by atoms with Crippen molar-refractivity contribution >= 4 is 28.3 Å². The van der Waals surface area contributed by atoms with Crippen LogP contribution in [0, 0.1) is 0 Å². The highest BCUT2D eigenvalue weighted by Crippen LogP contribution is 2.50. The van der Waals surface area contributed by atoms with Gasteiger partial charge in [-0.05, 0) is 13.0 Å². The highest BCUT2D eigenvalue weighted by Gasteiger charge is 2.31. The van der Waals surface area contributed by atoms with Crippen LogP contribution in [0.2, 0.25) is 0 Å². The van der Waals surface area contributed by atoms with Gasteiger partial charge in [0, 0.05) is 36.0 Å². The maximum absolute atomic E-state index is 12.3. The summed E-state index contributed by atoms with van der Waals surface area (Å²) in [5.41, 5.74) is 3.85. The van der Waals surface area contributed by atoms with Crippen LogP contribution in [-0.4, -0.2) is 24.7 Å². The summed E-state index contributed by atoms with van der Waals surface area (Å²) in [7, 11) is 1.92. The summed E-state index contributed by atoms with van der Waals surface area (Å²) in [6, 6.07) is 11.0. The first-order valence-electron chi connectivity index (χ1n) is 7.41. The lowest BCUT2D eigenvalue weighted by Crippen LogP contribution is -2.15. The van der Waals surface area contributed by atoms with Gasteiger partial charge in [-0.25, -0.2) is 4.79 Å². The maximum atomic E-state index is 12.3. The minimum absolute atomic E-state index is 0.0921. The first-order valence-corrected chi connectivity index (χ1v) is 7.41. The summed E-state index contributed by atoms with van der Waals surface area (Å²) in [6.07, 6.45) is 0. The number of esters is 1. The summed E-state index contributed by atoms with van der Waals surface area (Å²) in [6.45, 7) is 2.03. The van der Waals surface area contributed by atoms with E-state index < -0.39 is 5.97 Å². The predicted molar refractivity (Wildman–Crippen MR) is 87.3 cm³/mol. The van der Waals surface area contributed by atoms with Crippen molar-refractivity contribution < 1.29 is 19.1 Å². The van der Waals surface area contributed by atoms with E-state index in [1.807, 2.05) is 36.2 Å². The van der Waals surface area contributed by atoms with Crippen molar-refractivity contribution in [3.05, 3.63) is 42.2 Å². The summed E-state index contributed by atoms with van der Waals surface area (Å²) in [4.78, 5) is 14.3. The molecule has 0 fully saturated rings. The number of furan rings is 1. The van der Waals surface area contributed by atoms with Crippen molar-refractivity contribution in [2.45, 2.75) is 6.92 Å². The van der Waals surface area contributed by atoms with Gasteiger partial charge in [0.15, 0.2) is 0 Å². The fourth-order valence-corrected chi connectivity index (χ4v) is 3.16. The smallest absolute Gasteiger partial charge is 0.374 e. The van der Waals surface area contributed by atoms with Crippen molar-refractivity contribution in [1.82, 2.24) is 0 Å². The van der Waals surface area contributed by atoms with Crippen molar-refractivity contribution in [2.75, 3.05) is 18.6 Å². The first-order chi connectivity index (χ1) is 11.1. The Hall–Kier alpha value is -2.95. The van der Waals surface area contributed by atoms with Crippen molar-refractivity contribution in [3.8, 4) is 16.9 Å². The van der Waals surface area contributed by atoms with Crippen molar-refractivity contribution in [1.29, 1.82) is 0 Å². The van der Waals surface area contributed by atoms with E-state index in [-0.39, 0.29) is 18.1 Å². The van der Waals surface area contributed by atoms with E-state index >= 15 is 0 Å². The molecule has 0 spiro atoms. The molecule has 0 saturated heterocycles. The number of para-hydroxylation sites is 1. The summed E-state index contributed by atoms with van der Waals surface area (Å²) < 4.78 is 10.9. The minimum Gasteiger partial charge on any atom is -0.508 e. The lowest BCUT2D eigenvalue weighted by molar-refractivity contribution is 0.0494. The molecule has 23 heavy (non-hydrogen) atoms. The Labute approximate surface area is 132 Å². The van der Waals surface area contributed by atoms with Gasteiger partial charge in [-0.2, -0.15) is 0 Å². The number of rotatable bonds is 2. The standard InChI is InChI=1S/C18H15NO4/c1-3-22-18(21)17-15-11-6-4-5-7-12(11)19(2)13-8-10(20)9-14(23-17)16(13)15/h4-9,20H,3H2,1-2H3. The molecule has 5 nitrogen and oxygen atoms in total. The Morgan fingerprint density at radius 3 is 2.83 bits per heavy atom. The molecule has 5 heteroatoms. The molecule has 0 amide bonds. The van der Waals surface area contributed by atoms with Gasteiger partial charge >= 0.3 is 5.97 Å². The van der Waals surface area contributed by atoms with Crippen LogP contribution in [0.3, 0.4) is 0 Å². The number of ether oxygens (including phenoxy) is 1. The molecule has 0 atom stereocenters. The monoisotopic (exact) mass is 309 g/mol. The number of benzene rings is 2. The van der Waals surface area contributed by atoms with E-state index in [0.29, 0.717) is 5.58 Å². The molecule has 2 heterocycles. The number of carbonyl (C=O) groups is 1. The first kappa shape index (κ1) is 13.7. The molecule has 0 saturated carbocycles. The van der Waals surface area contributed by atoms with Crippen LogP contribution in [0.5, 0.6) is 5.75 Å². The van der Waals surface area contributed by atoms with Crippen LogP contribution < -0.4 is 4.90 Å². The second kappa shape index (κ2) is 4.78. The second-order valence-corrected chi connectivity index (χ2v) is 5.44. The zero-order chi connectivity index (χ0) is 16.1. The van der Waals surface area contributed by atoms with E-state index in [4.69, 9.17) is 9.15 Å². The summed E-state index contributed by atoms with van der Waals surface area (Å²) >= 11 is 0. The molecule has 2 aromatic carbocycles. The minimum atomic E-state index is -0.497. The number of anilines is 2. The molecular formula is C18H15NO4. The number of phenols is 1. The van der Waals surface area contributed by atoms with E-state index in [1.54, 1.807) is 13.0 Å². The Bertz CT molecular complexity index is 942. The average Bonchev–Trinajstić information content (AvgIpc) is 2.92. The lowest BCUT2D eigenvalue weighted by atomic mass is 9.94. The third-order valence-electron chi connectivity index (χ3n) is 4.11. The van der Waals surface area contributed by atoms with Crippen molar-refractivity contribution in [2.24, 2.45) is 0 Å². The van der Waals surface area contributed by atoms with E-state index in [2.05, 4.69) is 0 Å². The highest BCUT2D eigenvalue weighted by molar-refractivity contribution is 6.16. The van der Waals surface area contributed by atoms with E-state index in [0.717, 1.165) is 27.9 Å². The lowest BCUT2D eigenvalue weighted by Gasteiger charge is -2.27. The second-order valence-electron chi connectivity index (χ2n) is 5.44. The molecule has 0 aliphatic carbocycles. The average molecular weight is 309 g/mol. The van der Waals surface area contributed by atoms with Gasteiger partial charge in [-0.15, -0.1) is 0 Å². The fraction of sp³-hybridized carbons (Fsp3) is 0.167. The van der Waals surface area contributed by atoms with Crippen LogP contribution in [0.1, 0.15) is 17.5 Å². The third kappa shape index (κ3) is 1.83. The zero-order valence-electron chi connectivity index (χ0n) is 12.8. The number of fused-ring (bicyclic) bond motifs is 2.